The van der Waals surface area contributed by atoms with Crippen LogP contribution in [0.25, 0.3) is 0 Å². The van der Waals surface area contributed by atoms with Gasteiger partial charge in [-0.15, -0.1) is 0 Å². The Balaban J connectivity index is 1.86. The van der Waals surface area contributed by atoms with Crippen LogP contribution >= 0.6 is 0 Å². The Morgan fingerprint density at radius 3 is 2.56 bits per heavy atom. The first-order valence-corrected chi connectivity index (χ1v) is 10.1. The predicted molar refractivity (Wildman–Crippen MR) is 104 cm³/mol. The number of methoxy groups -OCH3 is 1. The van der Waals surface area contributed by atoms with E-state index in [2.05, 4.69) is 5.32 Å². The average molecular weight is 394 g/mol. The summed E-state index contributed by atoms with van der Waals surface area (Å²) in [5, 5.41) is 18.6. The fraction of sp³-hybridized carbons (Fsp3) is 0.368. The third-order valence-corrected chi connectivity index (χ3v) is 5.15. The third kappa shape index (κ3) is 5.93. The highest BCUT2D eigenvalue weighted by molar-refractivity contribution is 7.89. The zero-order valence-corrected chi connectivity index (χ0v) is 16.5. The van der Waals surface area contributed by atoms with Crippen LogP contribution in [0, 0.1) is 13.8 Å². The molecule has 0 saturated heterocycles. The number of nitrogens with one attached hydrogen (secondary N) is 1. The maximum Gasteiger partial charge on any atom is 0.238 e. The summed E-state index contributed by atoms with van der Waals surface area (Å²) in [5.41, 5.74) is 2.11. The first-order valence-electron chi connectivity index (χ1n) is 8.52. The minimum Gasteiger partial charge on any atom is -0.493 e. The van der Waals surface area contributed by atoms with Crippen LogP contribution in [-0.4, -0.2) is 40.3 Å². The van der Waals surface area contributed by atoms with Crippen molar-refractivity contribution in [3.8, 4) is 11.5 Å². The molecule has 148 valence electrons. The quantitative estimate of drug-likeness (QED) is 0.558. The van der Waals surface area contributed by atoms with Gasteiger partial charge in [-0.2, -0.15) is 0 Å². The number of hydrogen-bond acceptors (Lipinski definition) is 6. The highest BCUT2D eigenvalue weighted by Crippen LogP contribution is 2.27. The van der Waals surface area contributed by atoms with Crippen LogP contribution in [0.2, 0.25) is 0 Å². The second-order valence-electron chi connectivity index (χ2n) is 6.29. The highest BCUT2D eigenvalue weighted by Gasteiger charge is 2.15. The van der Waals surface area contributed by atoms with E-state index in [0.717, 1.165) is 5.56 Å². The number of ether oxygens (including phenoxy) is 2. The van der Waals surface area contributed by atoms with Crippen molar-refractivity contribution in [2.24, 2.45) is 5.14 Å². The number of aryl methyl sites for hydroxylation is 2. The van der Waals surface area contributed by atoms with Gasteiger partial charge in [0.25, 0.3) is 0 Å². The molecule has 0 fully saturated rings. The zero-order chi connectivity index (χ0) is 20.0. The largest absolute Gasteiger partial charge is 0.493 e. The average Bonchev–Trinajstić information content (AvgIpc) is 2.61. The topological polar surface area (TPSA) is 111 Å². The van der Waals surface area contributed by atoms with E-state index < -0.39 is 16.1 Å². The van der Waals surface area contributed by atoms with Crippen LogP contribution in [0.15, 0.2) is 41.3 Å². The van der Waals surface area contributed by atoms with E-state index in [1.807, 2.05) is 25.1 Å². The van der Waals surface area contributed by atoms with Gasteiger partial charge >= 0.3 is 0 Å². The highest BCUT2D eigenvalue weighted by atomic mass is 32.2. The Hall–Kier alpha value is -2.13. The molecule has 2 rings (SSSR count). The molecule has 7 nitrogen and oxygen atoms in total. The molecule has 0 saturated carbocycles. The van der Waals surface area contributed by atoms with Crippen molar-refractivity contribution in [1.29, 1.82) is 0 Å². The van der Waals surface area contributed by atoms with Crippen LogP contribution in [0.5, 0.6) is 11.5 Å². The standard InChI is InChI=1S/C19H26N2O5S/c1-13-4-7-17(18(10-13)25-3)26-9-8-21-12-16(22)15-6-5-14(2)19(11-15)27(20,23)24/h4-7,10-11,16,21-22H,8-9,12H2,1-3H3,(H2,20,23,24). The second kappa shape index (κ2) is 9.18. The monoisotopic (exact) mass is 394 g/mol. The summed E-state index contributed by atoms with van der Waals surface area (Å²) in [5.74, 6) is 1.33. The van der Waals surface area contributed by atoms with Crippen molar-refractivity contribution >= 4 is 10.0 Å². The SMILES string of the molecule is COc1cc(C)ccc1OCCNCC(O)c1ccc(C)c(S(N)(=O)=O)c1. The van der Waals surface area contributed by atoms with E-state index >= 15 is 0 Å². The molecule has 2 aromatic carbocycles. The minimum atomic E-state index is -3.82. The number of nitrogens with two attached hydrogens (primary N) is 1. The lowest BCUT2D eigenvalue weighted by Crippen LogP contribution is -2.26. The summed E-state index contributed by atoms with van der Waals surface area (Å²) >= 11 is 0. The zero-order valence-electron chi connectivity index (χ0n) is 15.7. The van der Waals surface area contributed by atoms with Crippen LogP contribution < -0.4 is 19.9 Å². The number of aliphatic hydroxyl groups is 1. The number of aliphatic hydroxyl groups excluding tert-OH is 1. The maximum atomic E-state index is 11.6. The Labute approximate surface area is 160 Å². The molecule has 0 radical (unpaired) electrons. The van der Waals surface area contributed by atoms with E-state index in [4.69, 9.17) is 14.6 Å². The number of benzene rings is 2. The van der Waals surface area contributed by atoms with Crippen molar-refractivity contribution in [1.82, 2.24) is 5.32 Å². The van der Waals surface area contributed by atoms with Crippen LogP contribution in [-0.2, 0) is 10.0 Å². The fourth-order valence-electron chi connectivity index (χ4n) is 2.61. The molecule has 0 aliphatic heterocycles. The van der Waals surface area contributed by atoms with Gasteiger partial charge in [0.15, 0.2) is 11.5 Å². The van der Waals surface area contributed by atoms with Crippen molar-refractivity contribution in [3.63, 3.8) is 0 Å². The van der Waals surface area contributed by atoms with Gasteiger partial charge in [-0.3, -0.25) is 0 Å². The van der Waals surface area contributed by atoms with Gasteiger partial charge in [0.05, 0.1) is 18.1 Å². The molecule has 0 aliphatic carbocycles. The second-order valence-corrected chi connectivity index (χ2v) is 7.82. The van der Waals surface area contributed by atoms with E-state index in [0.29, 0.717) is 35.8 Å². The molecular weight excluding hydrogens is 368 g/mol. The molecule has 1 unspecified atom stereocenters. The molecule has 0 spiro atoms. The molecule has 0 aromatic heterocycles. The summed E-state index contributed by atoms with van der Waals surface area (Å²) in [6.45, 7) is 4.78. The van der Waals surface area contributed by atoms with Crippen LogP contribution in [0.4, 0.5) is 0 Å². The maximum absolute atomic E-state index is 11.6. The molecule has 0 heterocycles. The Bertz CT molecular complexity index is 884. The first kappa shape index (κ1) is 21.2. The van der Waals surface area contributed by atoms with Crippen molar-refractivity contribution in [2.75, 3.05) is 26.8 Å². The number of rotatable bonds is 9. The van der Waals surface area contributed by atoms with Gasteiger partial charge in [-0.05, 0) is 48.7 Å². The minimum absolute atomic E-state index is 0.0221. The van der Waals surface area contributed by atoms with Crippen LogP contribution in [0.1, 0.15) is 22.8 Å². The van der Waals surface area contributed by atoms with Gasteiger partial charge < -0.3 is 19.9 Å². The Morgan fingerprint density at radius 1 is 1.15 bits per heavy atom. The number of hydrogen-bond donors (Lipinski definition) is 3. The predicted octanol–water partition coefficient (Wildman–Crippen LogP) is 1.66. The number of primary sulfonamides is 1. The molecule has 0 aliphatic rings. The normalized spacial score (nSPS) is 12.6. The van der Waals surface area contributed by atoms with Crippen molar-refractivity contribution in [3.05, 3.63) is 53.1 Å². The molecule has 1 atom stereocenters. The fourth-order valence-corrected chi connectivity index (χ4v) is 3.43. The summed E-state index contributed by atoms with van der Waals surface area (Å²) in [6.07, 6.45) is -0.861. The summed E-state index contributed by atoms with van der Waals surface area (Å²) in [7, 11) is -2.23. The summed E-state index contributed by atoms with van der Waals surface area (Å²) in [4.78, 5) is 0.0221. The molecule has 0 amide bonds. The lowest BCUT2D eigenvalue weighted by Gasteiger charge is -2.15. The lowest BCUT2D eigenvalue weighted by atomic mass is 10.1. The Kier molecular flexibility index (Phi) is 7.20. The van der Waals surface area contributed by atoms with Crippen LogP contribution in [0.3, 0.4) is 0 Å². The molecule has 2 aromatic rings. The van der Waals surface area contributed by atoms with Gasteiger partial charge in [0.2, 0.25) is 10.0 Å². The van der Waals surface area contributed by atoms with Gasteiger partial charge in [0, 0.05) is 13.1 Å². The summed E-state index contributed by atoms with van der Waals surface area (Å²) in [6, 6.07) is 10.4. The lowest BCUT2D eigenvalue weighted by molar-refractivity contribution is 0.171. The third-order valence-electron chi connectivity index (χ3n) is 4.10. The molecule has 0 bridgehead atoms. The summed E-state index contributed by atoms with van der Waals surface area (Å²) < 4.78 is 34.1. The van der Waals surface area contributed by atoms with Gasteiger partial charge in [-0.25, -0.2) is 13.6 Å². The van der Waals surface area contributed by atoms with Gasteiger partial charge in [0.1, 0.15) is 6.61 Å². The number of sulfonamides is 1. The first-order chi connectivity index (χ1) is 12.7. The van der Waals surface area contributed by atoms with E-state index in [1.54, 1.807) is 26.2 Å². The molecule has 8 heteroatoms. The van der Waals surface area contributed by atoms with Gasteiger partial charge in [-0.1, -0.05) is 18.2 Å². The van der Waals surface area contributed by atoms with E-state index in [1.165, 1.54) is 6.07 Å². The smallest absolute Gasteiger partial charge is 0.238 e. The molecular formula is C19H26N2O5S. The van der Waals surface area contributed by atoms with E-state index in [-0.39, 0.29) is 11.4 Å². The van der Waals surface area contributed by atoms with Crippen molar-refractivity contribution < 1.29 is 23.0 Å². The molecule has 4 N–H and O–H groups in total. The Morgan fingerprint density at radius 2 is 1.89 bits per heavy atom. The molecule has 27 heavy (non-hydrogen) atoms. The van der Waals surface area contributed by atoms with Crippen molar-refractivity contribution in [2.45, 2.75) is 24.8 Å². The van der Waals surface area contributed by atoms with E-state index in [9.17, 15) is 13.5 Å².